The maximum Gasteiger partial charge on any atom is 0.251 e. The summed E-state index contributed by atoms with van der Waals surface area (Å²) in [5.41, 5.74) is 0.757. The predicted molar refractivity (Wildman–Crippen MR) is 105 cm³/mol. The SMILES string of the molecule is C=CCn1c(=O)ccc2cccc(OCCCCc3nnnn3C(C)C)c21. The van der Waals surface area contributed by atoms with Crippen LogP contribution in [0, 0.1) is 0 Å². The lowest BCUT2D eigenvalue weighted by Gasteiger charge is -2.13. The number of allylic oxidation sites excluding steroid dienone is 1. The van der Waals surface area contributed by atoms with E-state index in [0.29, 0.717) is 13.2 Å². The highest BCUT2D eigenvalue weighted by molar-refractivity contribution is 5.85. The van der Waals surface area contributed by atoms with Gasteiger partial charge >= 0.3 is 0 Å². The molecule has 3 rings (SSSR count). The summed E-state index contributed by atoms with van der Waals surface area (Å²) >= 11 is 0. The van der Waals surface area contributed by atoms with Crippen LogP contribution >= 0.6 is 0 Å². The fraction of sp³-hybridized carbons (Fsp3) is 0.400. The lowest BCUT2D eigenvalue weighted by Crippen LogP contribution is -2.19. The van der Waals surface area contributed by atoms with Crippen LogP contribution in [0.2, 0.25) is 0 Å². The molecule has 0 saturated carbocycles. The summed E-state index contributed by atoms with van der Waals surface area (Å²) in [6.07, 6.45) is 4.33. The quantitative estimate of drug-likeness (QED) is 0.429. The predicted octanol–water partition coefficient (Wildman–Crippen LogP) is 3.16. The van der Waals surface area contributed by atoms with E-state index in [-0.39, 0.29) is 11.6 Å². The molecule has 0 aliphatic heterocycles. The fourth-order valence-electron chi connectivity index (χ4n) is 3.10. The number of rotatable bonds is 9. The Morgan fingerprint density at radius 3 is 2.85 bits per heavy atom. The topological polar surface area (TPSA) is 74.8 Å². The van der Waals surface area contributed by atoms with Gasteiger partial charge in [0.15, 0.2) is 5.82 Å². The van der Waals surface area contributed by atoms with Crippen LogP contribution in [0.1, 0.15) is 38.6 Å². The van der Waals surface area contributed by atoms with Gasteiger partial charge in [0, 0.05) is 24.4 Å². The zero-order chi connectivity index (χ0) is 19.2. The summed E-state index contributed by atoms with van der Waals surface area (Å²) in [5, 5.41) is 12.8. The van der Waals surface area contributed by atoms with Crippen molar-refractivity contribution >= 4 is 10.9 Å². The lowest BCUT2D eigenvalue weighted by molar-refractivity contribution is 0.308. The number of hydrogen-bond donors (Lipinski definition) is 0. The van der Waals surface area contributed by atoms with E-state index < -0.39 is 0 Å². The van der Waals surface area contributed by atoms with Crippen LogP contribution in [-0.4, -0.2) is 31.4 Å². The van der Waals surface area contributed by atoms with Gasteiger partial charge in [0.2, 0.25) is 0 Å². The Labute approximate surface area is 158 Å². The molecule has 0 saturated heterocycles. The molecular weight excluding hydrogens is 342 g/mol. The summed E-state index contributed by atoms with van der Waals surface area (Å²) in [5.74, 6) is 1.62. The minimum absolute atomic E-state index is 0.0565. The molecule has 0 aliphatic carbocycles. The molecular formula is C20H25N5O2. The molecule has 0 bridgehead atoms. The molecule has 142 valence electrons. The van der Waals surface area contributed by atoms with E-state index in [0.717, 1.165) is 41.7 Å². The summed E-state index contributed by atoms with van der Waals surface area (Å²) in [6, 6.07) is 9.48. The highest BCUT2D eigenvalue weighted by Gasteiger charge is 2.10. The first-order chi connectivity index (χ1) is 13.1. The smallest absolute Gasteiger partial charge is 0.251 e. The zero-order valence-electron chi connectivity index (χ0n) is 15.8. The zero-order valence-corrected chi connectivity index (χ0v) is 15.8. The Morgan fingerprint density at radius 2 is 2.07 bits per heavy atom. The lowest BCUT2D eigenvalue weighted by atomic mass is 10.2. The Morgan fingerprint density at radius 1 is 1.22 bits per heavy atom. The number of unbranched alkanes of at least 4 members (excludes halogenated alkanes) is 1. The molecule has 7 heteroatoms. The number of hydrogen-bond acceptors (Lipinski definition) is 5. The maximum atomic E-state index is 12.2. The number of para-hydroxylation sites is 1. The van der Waals surface area contributed by atoms with Gasteiger partial charge in [0.1, 0.15) is 5.75 Å². The number of benzene rings is 1. The van der Waals surface area contributed by atoms with Gasteiger partial charge in [-0.1, -0.05) is 18.2 Å². The second-order valence-electron chi connectivity index (χ2n) is 6.70. The molecule has 27 heavy (non-hydrogen) atoms. The maximum absolute atomic E-state index is 12.2. The molecule has 3 aromatic rings. The number of fused-ring (bicyclic) bond motifs is 1. The number of ether oxygens (including phenoxy) is 1. The minimum Gasteiger partial charge on any atom is -0.491 e. The van der Waals surface area contributed by atoms with E-state index >= 15 is 0 Å². The summed E-state index contributed by atoms with van der Waals surface area (Å²) in [7, 11) is 0. The van der Waals surface area contributed by atoms with Gasteiger partial charge in [-0.2, -0.15) is 0 Å². The molecule has 1 aromatic carbocycles. The molecule has 0 radical (unpaired) electrons. The number of nitrogens with zero attached hydrogens (tertiary/aromatic N) is 5. The highest BCUT2D eigenvalue weighted by Crippen LogP contribution is 2.24. The van der Waals surface area contributed by atoms with Gasteiger partial charge < -0.3 is 9.30 Å². The summed E-state index contributed by atoms with van der Waals surface area (Å²) in [4.78, 5) is 12.2. The van der Waals surface area contributed by atoms with Crippen molar-refractivity contribution in [2.24, 2.45) is 0 Å². The Balaban J connectivity index is 1.65. The summed E-state index contributed by atoms with van der Waals surface area (Å²) in [6.45, 7) is 8.89. The number of tetrazole rings is 1. The Hall–Kier alpha value is -2.96. The van der Waals surface area contributed by atoms with Crippen LogP contribution in [0.4, 0.5) is 0 Å². The first kappa shape index (κ1) is 18.8. The Bertz CT molecular complexity index is 974. The Kier molecular flexibility index (Phi) is 6.01. The minimum atomic E-state index is -0.0565. The van der Waals surface area contributed by atoms with Crippen LogP contribution in [0.25, 0.3) is 10.9 Å². The average molecular weight is 367 g/mol. The van der Waals surface area contributed by atoms with Crippen LogP contribution in [0.15, 0.2) is 47.8 Å². The monoisotopic (exact) mass is 367 g/mol. The molecule has 0 aliphatic rings. The molecule has 0 unspecified atom stereocenters. The van der Waals surface area contributed by atoms with E-state index in [1.165, 1.54) is 0 Å². The third-order valence-electron chi connectivity index (χ3n) is 4.39. The van der Waals surface area contributed by atoms with E-state index in [1.54, 1.807) is 16.7 Å². The van der Waals surface area contributed by atoms with Crippen molar-refractivity contribution < 1.29 is 4.74 Å². The first-order valence-corrected chi connectivity index (χ1v) is 9.25. The van der Waals surface area contributed by atoms with Crippen molar-refractivity contribution in [2.75, 3.05) is 6.61 Å². The van der Waals surface area contributed by atoms with Crippen molar-refractivity contribution in [1.82, 2.24) is 24.8 Å². The number of aryl methyl sites for hydroxylation is 1. The van der Waals surface area contributed by atoms with E-state index in [4.69, 9.17) is 4.74 Å². The molecule has 0 N–H and O–H groups in total. The van der Waals surface area contributed by atoms with Crippen molar-refractivity contribution in [3.63, 3.8) is 0 Å². The van der Waals surface area contributed by atoms with Crippen LogP contribution in [-0.2, 0) is 13.0 Å². The van der Waals surface area contributed by atoms with Crippen LogP contribution in [0.3, 0.4) is 0 Å². The van der Waals surface area contributed by atoms with E-state index in [1.807, 2.05) is 28.9 Å². The first-order valence-electron chi connectivity index (χ1n) is 9.25. The van der Waals surface area contributed by atoms with Gasteiger partial charge in [-0.3, -0.25) is 4.79 Å². The van der Waals surface area contributed by atoms with Gasteiger partial charge in [-0.25, -0.2) is 4.68 Å². The second-order valence-corrected chi connectivity index (χ2v) is 6.70. The van der Waals surface area contributed by atoms with E-state index in [2.05, 4.69) is 36.0 Å². The van der Waals surface area contributed by atoms with Gasteiger partial charge in [-0.05, 0) is 49.2 Å². The highest BCUT2D eigenvalue weighted by atomic mass is 16.5. The second kappa shape index (κ2) is 8.62. The number of pyridine rings is 1. The molecule has 7 nitrogen and oxygen atoms in total. The van der Waals surface area contributed by atoms with Crippen LogP contribution < -0.4 is 10.3 Å². The van der Waals surface area contributed by atoms with E-state index in [9.17, 15) is 4.79 Å². The van der Waals surface area contributed by atoms with Crippen molar-refractivity contribution in [1.29, 1.82) is 0 Å². The number of aromatic nitrogens is 5. The molecule has 0 atom stereocenters. The molecule has 0 amide bonds. The molecule has 0 spiro atoms. The van der Waals surface area contributed by atoms with Crippen molar-refractivity contribution in [3.05, 3.63) is 59.2 Å². The van der Waals surface area contributed by atoms with Crippen LogP contribution in [0.5, 0.6) is 5.75 Å². The third kappa shape index (κ3) is 4.24. The van der Waals surface area contributed by atoms with Gasteiger partial charge in [0.05, 0.1) is 18.2 Å². The largest absolute Gasteiger partial charge is 0.491 e. The van der Waals surface area contributed by atoms with Gasteiger partial charge in [0.25, 0.3) is 5.56 Å². The fourth-order valence-corrected chi connectivity index (χ4v) is 3.10. The van der Waals surface area contributed by atoms with Gasteiger partial charge in [-0.15, -0.1) is 11.7 Å². The van der Waals surface area contributed by atoms with Crippen molar-refractivity contribution in [3.8, 4) is 5.75 Å². The molecule has 2 heterocycles. The molecule has 2 aromatic heterocycles. The summed E-state index contributed by atoms with van der Waals surface area (Å²) < 4.78 is 9.54. The van der Waals surface area contributed by atoms with Crippen molar-refractivity contribution in [2.45, 2.75) is 45.7 Å². The third-order valence-corrected chi connectivity index (χ3v) is 4.39. The normalized spacial score (nSPS) is 11.2. The standard InChI is InChI=1S/C20H25N5O2/c1-4-13-24-19(26)12-11-16-8-7-9-17(20(16)24)27-14-6-5-10-18-21-22-23-25(18)15(2)3/h4,7-9,11-12,15H,1,5-6,10,13-14H2,2-3H3. The average Bonchev–Trinajstić information content (AvgIpc) is 3.13. The molecule has 0 fully saturated rings.